The van der Waals surface area contributed by atoms with Crippen molar-refractivity contribution >= 4 is 5.82 Å². The van der Waals surface area contributed by atoms with Crippen molar-refractivity contribution in [3.05, 3.63) is 77.9 Å². The lowest BCUT2D eigenvalue weighted by atomic mass is 9.87. The maximum atomic E-state index is 14.4. The SMILES string of the molecule is CC1(C)Oc2cc(cnc2N)-c2c(C#N)ncn2Cc2cnccc2-c2ccc(F)cc21. The van der Waals surface area contributed by atoms with Gasteiger partial charge in [0, 0.05) is 29.7 Å². The van der Waals surface area contributed by atoms with E-state index in [1.54, 1.807) is 37.1 Å². The summed E-state index contributed by atoms with van der Waals surface area (Å²) < 4.78 is 22.6. The van der Waals surface area contributed by atoms with E-state index in [1.807, 2.05) is 24.5 Å². The second-order valence-electron chi connectivity index (χ2n) is 8.12. The number of pyridine rings is 2. The number of benzene rings is 1. The molecule has 0 radical (unpaired) electrons. The van der Waals surface area contributed by atoms with Crippen LogP contribution >= 0.6 is 0 Å². The number of nitrogens with two attached hydrogens (primary N) is 1. The number of rotatable bonds is 0. The minimum atomic E-state index is -0.941. The Bertz CT molecular complexity index is 1400. The highest BCUT2D eigenvalue weighted by Gasteiger charge is 2.30. The van der Waals surface area contributed by atoms with Crippen LogP contribution in [-0.2, 0) is 12.1 Å². The van der Waals surface area contributed by atoms with E-state index in [4.69, 9.17) is 10.5 Å². The molecule has 0 aliphatic carbocycles. The van der Waals surface area contributed by atoms with E-state index in [-0.39, 0.29) is 17.3 Å². The van der Waals surface area contributed by atoms with Crippen molar-refractivity contribution in [2.75, 3.05) is 5.73 Å². The molecule has 2 bridgehead atoms. The minimum absolute atomic E-state index is 0.200. The lowest BCUT2D eigenvalue weighted by Crippen LogP contribution is -2.27. The maximum absolute atomic E-state index is 14.4. The third-order valence-corrected chi connectivity index (χ3v) is 5.63. The molecule has 1 aliphatic heterocycles. The molecule has 0 fully saturated rings. The molecule has 4 aromatic rings. The Morgan fingerprint density at radius 1 is 1.16 bits per heavy atom. The van der Waals surface area contributed by atoms with Gasteiger partial charge in [0.05, 0.1) is 18.6 Å². The quantitative estimate of drug-likeness (QED) is 0.450. The molecule has 32 heavy (non-hydrogen) atoms. The molecule has 0 spiro atoms. The van der Waals surface area contributed by atoms with Crippen molar-refractivity contribution in [3.8, 4) is 34.2 Å². The van der Waals surface area contributed by atoms with Gasteiger partial charge >= 0.3 is 0 Å². The lowest BCUT2D eigenvalue weighted by Gasteiger charge is -2.30. The van der Waals surface area contributed by atoms with Gasteiger partial charge < -0.3 is 15.0 Å². The Morgan fingerprint density at radius 2 is 2.00 bits per heavy atom. The molecule has 0 unspecified atom stereocenters. The van der Waals surface area contributed by atoms with Crippen LogP contribution in [0.2, 0.25) is 0 Å². The Kier molecular flexibility index (Phi) is 4.41. The molecule has 8 heteroatoms. The van der Waals surface area contributed by atoms with Crippen molar-refractivity contribution in [3.63, 3.8) is 0 Å². The summed E-state index contributed by atoms with van der Waals surface area (Å²) in [5.74, 6) is 0.180. The smallest absolute Gasteiger partial charge is 0.166 e. The Labute approximate surface area is 184 Å². The van der Waals surface area contributed by atoms with Crippen LogP contribution in [0.5, 0.6) is 5.75 Å². The van der Waals surface area contributed by atoms with Gasteiger partial charge in [0.15, 0.2) is 17.3 Å². The zero-order valence-electron chi connectivity index (χ0n) is 17.5. The van der Waals surface area contributed by atoms with Crippen molar-refractivity contribution in [1.29, 1.82) is 5.26 Å². The molecule has 0 amide bonds. The number of hydrogen-bond donors (Lipinski definition) is 1. The van der Waals surface area contributed by atoms with Gasteiger partial charge in [0.1, 0.15) is 17.5 Å². The number of nitrogen functional groups attached to an aromatic ring is 1. The molecular formula is C24H19FN6O. The third-order valence-electron chi connectivity index (χ3n) is 5.63. The number of fused-ring (bicyclic) bond motifs is 7. The van der Waals surface area contributed by atoms with Crippen molar-refractivity contribution < 1.29 is 9.13 Å². The van der Waals surface area contributed by atoms with E-state index in [2.05, 4.69) is 21.0 Å². The van der Waals surface area contributed by atoms with Crippen LogP contribution in [0.1, 0.15) is 30.7 Å². The van der Waals surface area contributed by atoms with E-state index < -0.39 is 5.60 Å². The number of nitrogens with zero attached hydrogens (tertiary/aromatic N) is 5. The summed E-state index contributed by atoms with van der Waals surface area (Å²) in [5.41, 5.74) is 9.97. The highest BCUT2D eigenvalue weighted by molar-refractivity contribution is 5.73. The summed E-state index contributed by atoms with van der Waals surface area (Å²) in [7, 11) is 0. The van der Waals surface area contributed by atoms with Gasteiger partial charge in [-0.15, -0.1) is 0 Å². The fourth-order valence-electron chi connectivity index (χ4n) is 4.13. The second-order valence-corrected chi connectivity index (χ2v) is 8.12. The van der Waals surface area contributed by atoms with Crippen LogP contribution in [0.4, 0.5) is 10.2 Å². The van der Waals surface area contributed by atoms with Gasteiger partial charge in [-0.1, -0.05) is 6.07 Å². The van der Waals surface area contributed by atoms with E-state index >= 15 is 0 Å². The molecule has 158 valence electrons. The minimum Gasteiger partial charge on any atom is -0.479 e. The number of nitriles is 1. The van der Waals surface area contributed by atoms with Gasteiger partial charge in [-0.3, -0.25) is 4.98 Å². The Balaban J connectivity index is 1.86. The van der Waals surface area contributed by atoms with Gasteiger partial charge in [-0.05, 0) is 54.8 Å². The number of imidazole rings is 1. The van der Waals surface area contributed by atoms with Crippen LogP contribution in [0.3, 0.4) is 0 Å². The molecular weight excluding hydrogens is 407 g/mol. The van der Waals surface area contributed by atoms with E-state index in [1.165, 1.54) is 12.1 Å². The molecule has 0 saturated carbocycles. The Morgan fingerprint density at radius 3 is 2.81 bits per heavy atom. The molecule has 1 aromatic carbocycles. The Hall–Kier alpha value is -4.25. The maximum Gasteiger partial charge on any atom is 0.166 e. The summed E-state index contributed by atoms with van der Waals surface area (Å²) in [4.78, 5) is 12.9. The molecule has 0 atom stereocenters. The third kappa shape index (κ3) is 3.15. The summed E-state index contributed by atoms with van der Waals surface area (Å²) >= 11 is 0. The first-order valence-corrected chi connectivity index (χ1v) is 10.0. The average molecular weight is 426 g/mol. The van der Waals surface area contributed by atoms with Crippen LogP contribution in [-0.4, -0.2) is 19.5 Å². The summed E-state index contributed by atoms with van der Waals surface area (Å²) in [6, 6.07) is 10.4. The molecule has 2 N–H and O–H groups in total. The molecule has 0 saturated heterocycles. The normalized spacial score (nSPS) is 13.9. The summed E-state index contributed by atoms with van der Waals surface area (Å²) in [6.07, 6.45) is 6.67. The summed E-state index contributed by atoms with van der Waals surface area (Å²) in [6.45, 7) is 4.12. The lowest BCUT2D eigenvalue weighted by molar-refractivity contribution is 0.109. The van der Waals surface area contributed by atoms with Gasteiger partial charge in [0.2, 0.25) is 0 Å². The second kappa shape index (κ2) is 7.17. The predicted molar refractivity (Wildman–Crippen MR) is 117 cm³/mol. The van der Waals surface area contributed by atoms with E-state index in [0.29, 0.717) is 29.1 Å². The number of anilines is 1. The number of ether oxygens (including phenoxy) is 1. The fraction of sp³-hybridized carbons (Fsp3) is 0.167. The van der Waals surface area contributed by atoms with Crippen molar-refractivity contribution in [1.82, 2.24) is 19.5 Å². The highest BCUT2D eigenvalue weighted by Crippen LogP contribution is 2.40. The van der Waals surface area contributed by atoms with Crippen LogP contribution in [0.15, 0.2) is 55.2 Å². The zero-order chi connectivity index (χ0) is 22.5. The highest BCUT2D eigenvalue weighted by atomic mass is 19.1. The van der Waals surface area contributed by atoms with Crippen molar-refractivity contribution in [2.45, 2.75) is 26.0 Å². The van der Waals surface area contributed by atoms with Crippen LogP contribution in [0.25, 0.3) is 22.4 Å². The van der Waals surface area contributed by atoms with E-state index in [0.717, 1.165) is 16.7 Å². The largest absolute Gasteiger partial charge is 0.479 e. The molecule has 5 rings (SSSR count). The number of hydrogen-bond acceptors (Lipinski definition) is 6. The first-order chi connectivity index (χ1) is 15.4. The topological polar surface area (TPSA) is 103 Å². The zero-order valence-corrected chi connectivity index (χ0v) is 17.5. The fourth-order valence-corrected chi connectivity index (χ4v) is 4.13. The monoisotopic (exact) mass is 426 g/mol. The average Bonchev–Trinajstić information content (AvgIpc) is 3.17. The number of aromatic nitrogens is 4. The van der Waals surface area contributed by atoms with Gasteiger partial charge in [-0.25, -0.2) is 14.4 Å². The van der Waals surface area contributed by atoms with Crippen LogP contribution < -0.4 is 10.5 Å². The first kappa shape index (κ1) is 19.7. The predicted octanol–water partition coefficient (Wildman–Crippen LogP) is 4.28. The van der Waals surface area contributed by atoms with E-state index in [9.17, 15) is 9.65 Å². The van der Waals surface area contributed by atoms with Crippen LogP contribution in [0, 0.1) is 17.1 Å². The molecule has 1 aliphatic rings. The number of halogens is 1. The standard InChI is InChI=1S/C24H19FN6O/c1-24(2)19-8-16(25)3-4-18(19)17-5-6-28-10-15(17)12-31-13-30-20(9-26)22(31)14-7-21(32-24)23(27)29-11-14/h3-8,10-11,13H,12H2,1-2H3,(H2,27,29). The van der Waals surface area contributed by atoms with Gasteiger partial charge in [-0.2, -0.15) is 5.26 Å². The molecule has 7 nitrogen and oxygen atoms in total. The first-order valence-electron chi connectivity index (χ1n) is 10.0. The summed E-state index contributed by atoms with van der Waals surface area (Å²) in [5, 5.41) is 9.64. The van der Waals surface area contributed by atoms with Gasteiger partial charge in [0.25, 0.3) is 0 Å². The van der Waals surface area contributed by atoms with Crippen molar-refractivity contribution in [2.24, 2.45) is 0 Å². The molecule has 4 heterocycles. The molecule has 3 aromatic heterocycles.